The molecule has 0 aliphatic heterocycles. The second-order valence-electron chi connectivity index (χ2n) is 4.37. The van der Waals surface area contributed by atoms with Crippen LogP contribution in [0.5, 0.6) is 0 Å². The Hall–Kier alpha value is -1.22. The van der Waals surface area contributed by atoms with Crippen LogP contribution in [0.25, 0.3) is 0 Å². The van der Waals surface area contributed by atoms with Crippen LogP contribution in [0.2, 0.25) is 0 Å². The molecule has 0 spiro atoms. The van der Waals surface area contributed by atoms with Gasteiger partial charge in [0, 0.05) is 6.54 Å². The van der Waals surface area contributed by atoms with Crippen molar-refractivity contribution in [3.8, 4) is 0 Å². The molecule has 0 fully saturated rings. The van der Waals surface area contributed by atoms with Gasteiger partial charge in [0.05, 0.1) is 0 Å². The molecule has 1 rings (SSSR count). The van der Waals surface area contributed by atoms with E-state index in [0.29, 0.717) is 0 Å². The molecular weight excluding hydrogens is 214 g/mol. The van der Waals surface area contributed by atoms with Gasteiger partial charge in [-0.2, -0.15) is 0 Å². The SMILES string of the molecule is CCCN(CCC)CCC1=CC(=O)C(=O)C=C1. The number of hydrogen-bond donors (Lipinski definition) is 0. The topological polar surface area (TPSA) is 37.4 Å². The van der Waals surface area contributed by atoms with Crippen LogP contribution < -0.4 is 0 Å². The summed E-state index contributed by atoms with van der Waals surface area (Å²) in [5, 5.41) is 0. The monoisotopic (exact) mass is 235 g/mol. The third-order valence-electron chi connectivity index (χ3n) is 2.80. The number of carbonyl (C=O) groups is 2. The molecule has 0 bridgehead atoms. The lowest BCUT2D eigenvalue weighted by atomic mass is 10.0. The molecule has 0 unspecified atom stereocenters. The fourth-order valence-electron chi connectivity index (χ4n) is 1.96. The van der Waals surface area contributed by atoms with Gasteiger partial charge in [-0.25, -0.2) is 0 Å². The van der Waals surface area contributed by atoms with Crippen LogP contribution in [0.3, 0.4) is 0 Å². The lowest BCUT2D eigenvalue weighted by Gasteiger charge is -2.21. The summed E-state index contributed by atoms with van der Waals surface area (Å²) in [4.78, 5) is 24.6. The molecule has 3 heteroatoms. The van der Waals surface area contributed by atoms with Crippen molar-refractivity contribution in [2.24, 2.45) is 0 Å². The van der Waals surface area contributed by atoms with E-state index in [1.54, 1.807) is 6.08 Å². The minimum atomic E-state index is -0.410. The van der Waals surface area contributed by atoms with Crippen LogP contribution >= 0.6 is 0 Å². The third kappa shape index (κ3) is 4.65. The van der Waals surface area contributed by atoms with Gasteiger partial charge in [-0.15, -0.1) is 0 Å². The van der Waals surface area contributed by atoms with E-state index in [1.807, 2.05) is 0 Å². The molecule has 0 amide bonds. The minimum absolute atomic E-state index is 0.389. The van der Waals surface area contributed by atoms with Crippen molar-refractivity contribution in [1.82, 2.24) is 4.90 Å². The molecule has 0 N–H and O–H groups in total. The van der Waals surface area contributed by atoms with E-state index in [0.717, 1.165) is 44.5 Å². The highest BCUT2D eigenvalue weighted by Crippen LogP contribution is 2.10. The summed E-state index contributed by atoms with van der Waals surface area (Å²) in [6.07, 6.45) is 7.74. The van der Waals surface area contributed by atoms with Gasteiger partial charge in [-0.3, -0.25) is 9.59 Å². The zero-order valence-electron chi connectivity index (χ0n) is 10.7. The molecule has 0 aromatic rings. The van der Waals surface area contributed by atoms with Gasteiger partial charge in [-0.05, 0) is 50.1 Å². The average Bonchev–Trinajstić information content (AvgIpc) is 2.31. The Bertz CT molecular complexity index is 336. The Morgan fingerprint density at radius 2 is 1.59 bits per heavy atom. The van der Waals surface area contributed by atoms with Crippen LogP contribution in [0.15, 0.2) is 23.8 Å². The second kappa shape index (κ2) is 7.17. The van der Waals surface area contributed by atoms with Crippen LogP contribution in [0.1, 0.15) is 33.1 Å². The Morgan fingerprint density at radius 3 is 2.12 bits per heavy atom. The summed E-state index contributed by atoms with van der Waals surface area (Å²) < 4.78 is 0. The molecule has 17 heavy (non-hydrogen) atoms. The number of rotatable bonds is 7. The highest BCUT2D eigenvalue weighted by Gasteiger charge is 2.13. The summed E-state index contributed by atoms with van der Waals surface area (Å²) in [5.74, 6) is -0.798. The van der Waals surface area contributed by atoms with E-state index in [9.17, 15) is 9.59 Å². The van der Waals surface area contributed by atoms with Crippen LogP contribution in [0, 0.1) is 0 Å². The molecule has 1 aliphatic rings. The van der Waals surface area contributed by atoms with Crippen molar-refractivity contribution < 1.29 is 9.59 Å². The van der Waals surface area contributed by atoms with Crippen LogP contribution in [0.4, 0.5) is 0 Å². The third-order valence-corrected chi connectivity index (χ3v) is 2.80. The second-order valence-corrected chi connectivity index (χ2v) is 4.37. The number of carbonyl (C=O) groups excluding carboxylic acids is 2. The summed E-state index contributed by atoms with van der Waals surface area (Å²) in [6.45, 7) is 7.49. The van der Waals surface area contributed by atoms with Crippen LogP contribution in [-0.4, -0.2) is 36.1 Å². The van der Waals surface area contributed by atoms with Crippen molar-refractivity contribution in [2.75, 3.05) is 19.6 Å². The first kappa shape index (κ1) is 13.8. The van der Waals surface area contributed by atoms with Gasteiger partial charge in [-0.1, -0.05) is 19.9 Å². The molecule has 0 saturated carbocycles. The number of ketones is 2. The predicted molar refractivity (Wildman–Crippen MR) is 68.9 cm³/mol. The van der Waals surface area contributed by atoms with E-state index >= 15 is 0 Å². The molecule has 94 valence electrons. The molecule has 0 saturated heterocycles. The maximum atomic E-state index is 11.2. The van der Waals surface area contributed by atoms with Crippen molar-refractivity contribution >= 4 is 11.6 Å². The first-order chi connectivity index (χ1) is 8.17. The van der Waals surface area contributed by atoms with E-state index in [2.05, 4.69) is 18.7 Å². The van der Waals surface area contributed by atoms with Crippen molar-refractivity contribution in [2.45, 2.75) is 33.1 Å². The fraction of sp³-hybridized carbons (Fsp3) is 0.571. The zero-order valence-corrected chi connectivity index (χ0v) is 10.7. The number of hydrogen-bond acceptors (Lipinski definition) is 3. The first-order valence-electron chi connectivity index (χ1n) is 6.36. The van der Waals surface area contributed by atoms with E-state index in [-0.39, 0.29) is 5.78 Å². The molecular formula is C14H21NO2. The predicted octanol–water partition coefficient (Wildman–Crippen LogP) is 2.13. The first-order valence-corrected chi connectivity index (χ1v) is 6.36. The van der Waals surface area contributed by atoms with Crippen molar-refractivity contribution in [3.05, 3.63) is 23.8 Å². The quantitative estimate of drug-likeness (QED) is 0.501. The van der Waals surface area contributed by atoms with Gasteiger partial charge in [0.25, 0.3) is 0 Å². The van der Waals surface area contributed by atoms with Crippen molar-refractivity contribution in [3.63, 3.8) is 0 Å². The zero-order chi connectivity index (χ0) is 12.7. The van der Waals surface area contributed by atoms with Gasteiger partial charge in [0.1, 0.15) is 0 Å². The van der Waals surface area contributed by atoms with Gasteiger partial charge < -0.3 is 4.90 Å². The van der Waals surface area contributed by atoms with Gasteiger partial charge >= 0.3 is 0 Å². The number of allylic oxidation sites excluding steroid dienone is 3. The molecule has 0 radical (unpaired) electrons. The van der Waals surface area contributed by atoms with Crippen LogP contribution in [-0.2, 0) is 9.59 Å². The van der Waals surface area contributed by atoms with Gasteiger partial charge in [0.15, 0.2) is 0 Å². The highest BCUT2D eigenvalue weighted by atomic mass is 16.2. The standard InChI is InChI=1S/C14H21NO2/c1-3-8-15(9-4-2)10-7-12-5-6-13(16)14(17)11-12/h5-6,11H,3-4,7-10H2,1-2H3. The van der Waals surface area contributed by atoms with E-state index in [1.165, 1.54) is 12.2 Å². The molecule has 0 aromatic carbocycles. The maximum absolute atomic E-state index is 11.2. The Labute approximate surface area is 103 Å². The molecule has 3 nitrogen and oxygen atoms in total. The summed E-state index contributed by atoms with van der Waals surface area (Å²) in [5.41, 5.74) is 0.965. The van der Waals surface area contributed by atoms with Gasteiger partial charge in [0.2, 0.25) is 11.6 Å². The fourth-order valence-corrected chi connectivity index (χ4v) is 1.96. The number of nitrogens with zero attached hydrogens (tertiary/aromatic N) is 1. The minimum Gasteiger partial charge on any atom is -0.303 e. The Balaban J connectivity index is 2.44. The average molecular weight is 235 g/mol. The normalized spacial score (nSPS) is 15.6. The molecule has 0 aromatic heterocycles. The summed E-state index contributed by atoms with van der Waals surface area (Å²) in [7, 11) is 0. The molecule has 0 heterocycles. The lowest BCUT2D eigenvalue weighted by molar-refractivity contribution is -0.131. The smallest absolute Gasteiger partial charge is 0.225 e. The lowest BCUT2D eigenvalue weighted by Crippen LogP contribution is -2.27. The molecule has 0 atom stereocenters. The highest BCUT2D eigenvalue weighted by molar-refractivity contribution is 6.46. The molecule has 1 aliphatic carbocycles. The van der Waals surface area contributed by atoms with E-state index < -0.39 is 5.78 Å². The van der Waals surface area contributed by atoms with Crippen molar-refractivity contribution in [1.29, 1.82) is 0 Å². The largest absolute Gasteiger partial charge is 0.303 e. The summed E-state index contributed by atoms with van der Waals surface area (Å²) >= 11 is 0. The maximum Gasteiger partial charge on any atom is 0.225 e. The Kier molecular flexibility index (Phi) is 5.84. The summed E-state index contributed by atoms with van der Waals surface area (Å²) in [6, 6.07) is 0. The van der Waals surface area contributed by atoms with E-state index in [4.69, 9.17) is 0 Å². The Morgan fingerprint density at radius 1 is 0.941 bits per heavy atom.